The Morgan fingerprint density at radius 3 is 2.32 bits per heavy atom. The zero-order chi connectivity index (χ0) is 26.5. The van der Waals surface area contributed by atoms with Crippen LogP contribution in [-0.4, -0.2) is 24.1 Å². The summed E-state index contributed by atoms with van der Waals surface area (Å²) < 4.78 is 11.9. The average molecular weight is 508 g/mol. The van der Waals surface area contributed by atoms with Crippen molar-refractivity contribution in [3.05, 3.63) is 113 Å². The first-order chi connectivity index (χ1) is 18.6. The molecule has 38 heavy (non-hydrogen) atoms. The van der Waals surface area contributed by atoms with Gasteiger partial charge in [-0.25, -0.2) is 4.79 Å². The third-order valence-corrected chi connectivity index (χ3v) is 7.37. The Hall–Kier alpha value is -3.99. The van der Waals surface area contributed by atoms with Gasteiger partial charge in [-0.1, -0.05) is 85.8 Å². The molecule has 1 heterocycles. The Labute approximate surface area is 224 Å². The Morgan fingerprint density at radius 2 is 1.58 bits per heavy atom. The number of rotatable bonds is 8. The monoisotopic (exact) mass is 507 g/mol. The molecule has 2 aliphatic rings. The molecule has 0 radical (unpaired) electrons. The Kier molecular flexibility index (Phi) is 7.83. The molecule has 0 bridgehead atoms. The van der Waals surface area contributed by atoms with Crippen LogP contribution in [0.25, 0.3) is 0 Å². The van der Waals surface area contributed by atoms with Gasteiger partial charge in [0.25, 0.3) is 0 Å². The van der Waals surface area contributed by atoms with Crippen LogP contribution in [0.15, 0.2) is 101 Å². The number of carbonyl (C=O) groups is 2. The molecule has 1 unspecified atom stereocenters. The van der Waals surface area contributed by atoms with E-state index in [1.54, 1.807) is 0 Å². The van der Waals surface area contributed by atoms with Gasteiger partial charge in [-0.2, -0.15) is 0 Å². The predicted molar refractivity (Wildman–Crippen MR) is 148 cm³/mol. The van der Waals surface area contributed by atoms with E-state index < -0.39 is 17.8 Å². The molecular formula is C33H33NO4. The number of para-hydroxylation sites is 1. The number of Topliss-reactive ketones (excluding diaryl/α,β-unsaturated/α-hetero) is 1. The molecule has 0 spiro atoms. The number of hydrogen-bond acceptors (Lipinski definition) is 5. The van der Waals surface area contributed by atoms with E-state index in [9.17, 15) is 9.59 Å². The zero-order valence-corrected chi connectivity index (χ0v) is 21.9. The van der Waals surface area contributed by atoms with Crippen molar-refractivity contribution in [2.45, 2.75) is 51.6 Å². The van der Waals surface area contributed by atoms with Gasteiger partial charge < -0.3 is 9.47 Å². The van der Waals surface area contributed by atoms with Gasteiger partial charge in [0.2, 0.25) is 0 Å². The molecule has 1 aliphatic carbocycles. The van der Waals surface area contributed by atoms with Crippen LogP contribution in [0.4, 0.5) is 0 Å². The van der Waals surface area contributed by atoms with Crippen molar-refractivity contribution < 1.29 is 19.1 Å². The second kappa shape index (κ2) is 11.6. The molecule has 1 saturated carbocycles. The molecular weight excluding hydrogens is 474 g/mol. The highest BCUT2D eigenvalue weighted by atomic mass is 16.5. The van der Waals surface area contributed by atoms with E-state index in [1.165, 1.54) is 0 Å². The summed E-state index contributed by atoms with van der Waals surface area (Å²) in [6, 6.07) is 27.5. The maximum atomic E-state index is 13.9. The minimum absolute atomic E-state index is 0.0744. The third kappa shape index (κ3) is 5.33. The van der Waals surface area contributed by atoms with Gasteiger partial charge in [0.15, 0.2) is 0 Å². The molecule has 1 fully saturated rings. The van der Waals surface area contributed by atoms with Crippen molar-refractivity contribution in [1.29, 1.82) is 0 Å². The SMILES string of the molecule is CCCOc1ccccc1[C@@H]1C(C(=O)OCc2ccccc2)=C(C)N=C2C[C@H](c3ccccc3)CC(=O)C21. The third-order valence-electron chi connectivity index (χ3n) is 7.37. The van der Waals surface area contributed by atoms with E-state index in [1.807, 2.05) is 79.7 Å². The van der Waals surface area contributed by atoms with Gasteiger partial charge in [-0.15, -0.1) is 0 Å². The van der Waals surface area contributed by atoms with Gasteiger partial charge in [0, 0.05) is 29.3 Å². The van der Waals surface area contributed by atoms with Gasteiger partial charge in [0.1, 0.15) is 18.1 Å². The lowest BCUT2D eigenvalue weighted by atomic mass is 9.66. The first-order valence-corrected chi connectivity index (χ1v) is 13.4. The number of aliphatic imine (C=N–C) groups is 1. The van der Waals surface area contributed by atoms with Crippen molar-refractivity contribution in [2.24, 2.45) is 10.9 Å². The number of hydrogen-bond donors (Lipinski definition) is 0. The van der Waals surface area contributed by atoms with Crippen LogP contribution >= 0.6 is 0 Å². The number of ether oxygens (including phenoxy) is 2. The lowest BCUT2D eigenvalue weighted by Crippen LogP contribution is -2.41. The lowest BCUT2D eigenvalue weighted by molar-refractivity contribution is -0.140. The summed E-state index contributed by atoms with van der Waals surface area (Å²) in [6.07, 6.45) is 1.94. The molecule has 3 aromatic rings. The van der Waals surface area contributed by atoms with Crippen molar-refractivity contribution in [1.82, 2.24) is 0 Å². The molecule has 5 heteroatoms. The topological polar surface area (TPSA) is 65.0 Å². The minimum atomic E-state index is -0.524. The summed E-state index contributed by atoms with van der Waals surface area (Å²) in [6.45, 7) is 4.61. The lowest BCUT2D eigenvalue weighted by Gasteiger charge is -2.38. The maximum Gasteiger partial charge on any atom is 0.336 e. The van der Waals surface area contributed by atoms with Crippen molar-refractivity contribution in [2.75, 3.05) is 6.61 Å². The Balaban J connectivity index is 1.55. The molecule has 0 saturated heterocycles. The molecule has 0 amide bonds. The van der Waals surface area contributed by atoms with E-state index in [-0.39, 0.29) is 18.3 Å². The highest BCUT2D eigenvalue weighted by Gasteiger charge is 2.46. The second-order valence-corrected chi connectivity index (χ2v) is 9.99. The predicted octanol–water partition coefficient (Wildman–Crippen LogP) is 6.79. The number of fused-ring (bicyclic) bond motifs is 1. The summed E-state index contributed by atoms with van der Waals surface area (Å²) in [5.41, 5.74) is 4.75. The largest absolute Gasteiger partial charge is 0.493 e. The number of ketones is 1. The Bertz CT molecular complexity index is 1360. The van der Waals surface area contributed by atoms with E-state index in [0.29, 0.717) is 36.5 Å². The van der Waals surface area contributed by atoms with Gasteiger partial charge in [0.05, 0.1) is 18.1 Å². The smallest absolute Gasteiger partial charge is 0.336 e. The summed E-state index contributed by atoms with van der Waals surface area (Å²) >= 11 is 0. The molecule has 194 valence electrons. The second-order valence-electron chi connectivity index (χ2n) is 9.99. The van der Waals surface area contributed by atoms with Gasteiger partial charge in [-0.3, -0.25) is 9.79 Å². The summed E-state index contributed by atoms with van der Waals surface area (Å²) in [5.74, 6) is -0.611. The molecule has 3 aromatic carbocycles. The zero-order valence-electron chi connectivity index (χ0n) is 21.9. The van der Waals surface area contributed by atoms with Crippen molar-refractivity contribution in [3.63, 3.8) is 0 Å². The van der Waals surface area contributed by atoms with Crippen LogP contribution in [0.5, 0.6) is 5.75 Å². The highest BCUT2D eigenvalue weighted by Crippen LogP contribution is 2.48. The normalized spacial score (nSPS) is 20.9. The quantitative estimate of drug-likeness (QED) is 0.315. The maximum absolute atomic E-state index is 13.9. The average Bonchev–Trinajstić information content (AvgIpc) is 2.95. The summed E-state index contributed by atoms with van der Waals surface area (Å²) in [7, 11) is 0. The number of benzene rings is 3. The van der Waals surface area contributed by atoms with Crippen LogP contribution < -0.4 is 4.74 Å². The first-order valence-electron chi connectivity index (χ1n) is 13.4. The molecule has 5 nitrogen and oxygen atoms in total. The first kappa shape index (κ1) is 25.7. The van der Waals surface area contributed by atoms with Gasteiger partial charge >= 0.3 is 5.97 Å². The molecule has 1 aliphatic heterocycles. The number of allylic oxidation sites excluding steroid dienone is 1. The van der Waals surface area contributed by atoms with Crippen molar-refractivity contribution >= 4 is 17.5 Å². The Morgan fingerprint density at radius 1 is 0.895 bits per heavy atom. The van der Waals surface area contributed by atoms with Crippen LogP contribution in [0.1, 0.15) is 61.6 Å². The number of nitrogens with zero attached hydrogens (tertiary/aromatic N) is 1. The molecule has 0 N–H and O–H groups in total. The molecule has 0 aromatic heterocycles. The number of carbonyl (C=O) groups excluding carboxylic acids is 2. The fourth-order valence-corrected chi connectivity index (χ4v) is 5.62. The molecule has 3 atom stereocenters. The van der Waals surface area contributed by atoms with E-state index in [2.05, 4.69) is 19.1 Å². The summed E-state index contributed by atoms with van der Waals surface area (Å²) in [4.78, 5) is 32.4. The fraction of sp³-hybridized carbons (Fsp3) is 0.303. The van der Waals surface area contributed by atoms with Crippen LogP contribution in [0, 0.1) is 5.92 Å². The molecule has 5 rings (SSSR count). The fourth-order valence-electron chi connectivity index (χ4n) is 5.62. The van der Waals surface area contributed by atoms with Crippen LogP contribution in [0.3, 0.4) is 0 Å². The van der Waals surface area contributed by atoms with Crippen molar-refractivity contribution in [3.8, 4) is 5.75 Å². The van der Waals surface area contributed by atoms with Crippen LogP contribution in [0.2, 0.25) is 0 Å². The highest BCUT2D eigenvalue weighted by molar-refractivity contribution is 6.12. The minimum Gasteiger partial charge on any atom is -0.493 e. The standard InChI is InChI=1S/C33H33NO4/c1-3-18-37-29-17-11-10-16-26(29)31-30(33(36)38-21-23-12-6-4-7-13-23)22(2)34-27-19-25(20-28(35)32(27)31)24-14-8-5-9-15-24/h4-17,25,31-32H,3,18-21H2,1-2H3/t25-,31+,32?/m0/s1. The number of esters is 1. The van der Waals surface area contributed by atoms with E-state index in [4.69, 9.17) is 14.5 Å². The van der Waals surface area contributed by atoms with Crippen LogP contribution in [-0.2, 0) is 20.9 Å². The summed E-state index contributed by atoms with van der Waals surface area (Å²) in [5, 5.41) is 0. The van der Waals surface area contributed by atoms with Gasteiger partial charge in [-0.05, 0) is 42.9 Å². The van der Waals surface area contributed by atoms with E-state index >= 15 is 0 Å². The van der Waals surface area contributed by atoms with E-state index in [0.717, 1.165) is 28.8 Å².